The van der Waals surface area contributed by atoms with Gasteiger partial charge in [-0.1, -0.05) is 25.3 Å². The molecule has 2 atom stereocenters. The molecule has 2 aliphatic rings. The molecular formula is C16H23NO2S. The first-order valence-corrected chi connectivity index (χ1v) is 8.91. The molecule has 2 N–H and O–H groups in total. The van der Waals surface area contributed by atoms with Gasteiger partial charge in [0, 0.05) is 10.6 Å². The summed E-state index contributed by atoms with van der Waals surface area (Å²) in [5.41, 5.74) is 6.54. The Labute approximate surface area is 123 Å². The maximum atomic E-state index is 12.4. The predicted octanol–water partition coefficient (Wildman–Crippen LogP) is 3.26. The fourth-order valence-electron chi connectivity index (χ4n) is 3.50. The van der Waals surface area contributed by atoms with Crippen LogP contribution in [0.15, 0.2) is 29.2 Å². The highest BCUT2D eigenvalue weighted by molar-refractivity contribution is 7.85. The Morgan fingerprint density at radius 1 is 1.25 bits per heavy atom. The van der Waals surface area contributed by atoms with Crippen LogP contribution in [0, 0.1) is 0 Å². The lowest BCUT2D eigenvalue weighted by Crippen LogP contribution is -2.32. The van der Waals surface area contributed by atoms with E-state index >= 15 is 0 Å². The SMILES string of the molecule is Nc1cccc(S(=O)CC2CCC3(CCCCC3)O2)c1. The third-order valence-electron chi connectivity index (χ3n) is 4.56. The number of hydrogen-bond donors (Lipinski definition) is 1. The first kappa shape index (κ1) is 14.1. The Morgan fingerprint density at radius 3 is 2.80 bits per heavy atom. The van der Waals surface area contributed by atoms with E-state index in [4.69, 9.17) is 10.5 Å². The summed E-state index contributed by atoms with van der Waals surface area (Å²) in [7, 11) is -1.01. The summed E-state index contributed by atoms with van der Waals surface area (Å²) in [6.45, 7) is 0. The third kappa shape index (κ3) is 3.07. The molecule has 1 aromatic carbocycles. The molecule has 0 aromatic heterocycles. The number of nitrogens with two attached hydrogens (primary N) is 1. The van der Waals surface area contributed by atoms with Crippen molar-refractivity contribution in [2.45, 2.75) is 61.5 Å². The smallest absolute Gasteiger partial charge is 0.0702 e. The van der Waals surface area contributed by atoms with Crippen LogP contribution in [-0.2, 0) is 15.5 Å². The number of rotatable bonds is 3. The Kier molecular flexibility index (Phi) is 4.13. The summed E-state index contributed by atoms with van der Waals surface area (Å²) in [4.78, 5) is 0.818. The minimum absolute atomic E-state index is 0.114. The quantitative estimate of drug-likeness (QED) is 0.870. The van der Waals surface area contributed by atoms with Gasteiger partial charge in [0.05, 0.1) is 28.3 Å². The Morgan fingerprint density at radius 2 is 2.05 bits per heavy atom. The molecule has 20 heavy (non-hydrogen) atoms. The molecule has 110 valence electrons. The number of ether oxygens (including phenoxy) is 1. The van der Waals surface area contributed by atoms with Gasteiger partial charge in [-0.15, -0.1) is 0 Å². The second-order valence-electron chi connectivity index (χ2n) is 6.11. The second-order valence-corrected chi connectivity index (χ2v) is 7.60. The van der Waals surface area contributed by atoms with Crippen LogP contribution < -0.4 is 5.73 Å². The van der Waals surface area contributed by atoms with Crippen LogP contribution in [0.25, 0.3) is 0 Å². The van der Waals surface area contributed by atoms with E-state index in [2.05, 4.69) is 0 Å². The first-order valence-electron chi connectivity index (χ1n) is 7.59. The van der Waals surface area contributed by atoms with Gasteiger partial charge in [-0.2, -0.15) is 0 Å². The van der Waals surface area contributed by atoms with E-state index in [1.54, 1.807) is 6.07 Å². The van der Waals surface area contributed by atoms with Gasteiger partial charge in [0.15, 0.2) is 0 Å². The molecule has 0 amide bonds. The predicted molar refractivity (Wildman–Crippen MR) is 82.1 cm³/mol. The molecule has 1 spiro atoms. The summed E-state index contributed by atoms with van der Waals surface area (Å²) in [6.07, 6.45) is 8.62. The Balaban J connectivity index is 1.60. The van der Waals surface area contributed by atoms with Crippen molar-refractivity contribution in [3.05, 3.63) is 24.3 Å². The zero-order valence-electron chi connectivity index (χ0n) is 11.8. The fraction of sp³-hybridized carbons (Fsp3) is 0.625. The Bertz CT molecular complexity index is 497. The van der Waals surface area contributed by atoms with Crippen molar-refractivity contribution >= 4 is 16.5 Å². The van der Waals surface area contributed by atoms with E-state index in [-0.39, 0.29) is 11.7 Å². The van der Waals surface area contributed by atoms with E-state index in [1.807, 2.05) is 18.2 Å². The van der Waals surface area contributed by atoms with Crippen molar-refractivity contribution in [3.63, 3.8) is 0 Å². The normalized spacial score (nSPS) is 26.7. The molecule has 3 rings (SSSR count). The lowest BCUT2D eigenvalue weighted by molar-refractivity contribution is -0.0557. The lowest BCUT2D eigenvalue weighted by Gasteiger charge is -2.33. The van der Waals surface area contributed by atoms with Crippen LogP contribution in [0.2, 0.25) is 0 Å². The summed E-state index contributed by atoms with van der Waals surface area (Å²) in [5.74, 6) is 0.602. The zero-order chi connectivity index (χ0) is 14.0. The van der Waals surface area contributed by atoms with Gasteiger partial charge < -0.3 is 10.5 Å². The number of nitrogen functional groups attached to an aromatic ring is 1. The van der Waals surface area contributed by atoms with E-state index < -0.39 is 10.8 Å². The standard InChI is InChI=1S/C16H23NO2S/c17-13-5-4-6-15(11-13)20(18)12-14-7-10-16(19-14)8-2-1-3-9-16/h4-6,11,14H,1-3,7-10,12,17H2. The van der Waals surface area contributed by atoms with E-state index in [9.17, 15) is 4.21 Å². The average molecular weight is 293 g/mol. The highest BCUT2D eigenvalue weighted by Crippen LogP contribution is 2.42. The van der Waals surface area contributed by atoms with Crippen molar-refractivity contribution < 1.29 is 8.95 Å². The molecule has 1 aromatic rings. The molecule has 1 heterocycles. The molecule has 0 radical (unpaired) electrons. The van der Waals surface area contributed by atoms with Crippen molar-refractivity contribution in [3.8, 4) is 0 Å². The van der Waals surface area contributed by atoms with E-state index in [1.165, 1.54) is 32.1 Å². The molecule has 1 aliphatic carbocycles. The van der Waals surface area contributed by atoms with Crippen molar-refractivity contribution in [2.24, 2.45) is 0 Å². The van der Waals surface area contributed by atoms with Crippen LogP contribution in [0.3, 0.4) is 0 Å². The van der Waals surface area contributed by atoms with Crippen LogP contribution in [0.1, 0.15) is 44.9 Å². The molecule has 1 saturated heterocycles. The minimum atomic E-state index is -1.01. The number of benzene rings is 1. The molecule has 4 heteroatoms. The van der Waals surface area contributed by atoms with Gasteiger partial charge in [-0.3, -0.25) is 4.21 Å². The Hall–Kier alpha value is -0.870. The number of anilines is 1. The second kappa shape index (κ2) is 5.86. The van der Waals surface area contributed by atoms with Crippen LogP contribution in [0.4, 0.5) is 5.69 Å². The summed E-state index contributed by atoms with van der Waals surface area (Å²) >= 11 is 0. The van der Waals surface area contributed by atoms with Crippen LogP contribution in [-0.4, -0.2) is 21.7 Å². The van der Waals surface area contributed by atoms with Gasteiger partial charge in [-0.05, 0) is 43.9 Å². The number of hydrogen-bond acceptors (Lipinski definition) is 3. The topological polar surface area (TPSA) is 52.3 Å². The average Bonchev–Trinajstić information content (AvgIpc) is 2.82. The van der Waals surface area contributed by atoms with Gasteiger partial charge in [-0.25, -0.2) is 0 Å². The fourth-order valence-corrected chi connectivity index (χ4v) is 4.76. The van der Waals surface area contributed by atoms with Crippen LogP contribution in [0.5, 0.6) is 0 Å². The van der Waals surface area contributed by atoms with E-state index in [0.29, 0.717) is 11.4 Å². The van der Waals surface area contributed by atoms with Crippen molar-refractivity contribution in [2.75, 3.05) is 11.5 Å². The summed E-state index contributed by atoms with van der Waals surface area (Å²) in [5, 5.41) is 0. The third-order valence-corrected chi connectivity index (χ3v) is 6.02. The summed E-state index contributed by atoms with van der Waals surface area (Å²) in [6, 6.07) is 7.38. The summed E-state index contributed by atoms with van der Waals surface area (Å²) < 4.78 is 18.7. The first-order chi connectivity index (χ1) is 9.67. The van der Waals surface area contributed by atoms with Gasteiger partial charge in [0.1, 0.15) is 0 Å². The molecule has 0 bridgehead atoms. The van der Waals surface area contributed by atoms with Crippen molar-refractivity contribution in [1.29, 1.82) is 0 Å². The van der Waals surface area contributed by atoms with Gasteiger partial charge in [0.2, 0.25) is 0 Å². The molecule has 3 nitrogen and oxygen atoms in total. The van der Waals surface area contributed by atoms with Crippen molar-refractivity contribution in [1.82, 2.24) is 0 Å². The molecule has 2 fully saturated rings. The lowest BCUT2D eigenvalue weighted by atomic mass is 9.83. The monoisotopic (exact) mass is 293 g/mol. The van der Waals surface area contributed by atoms with Gasteiger partial charge in [0.25, 0.3) is 0 Å². The van der Waals surface area contributed by atoms with Crippen LogP contribution >= 0.6 is 0 Å². The minimum Gasteiger partial charge on any atom is -0.399 e. The molecule has 1 aliphatic heterocycles. The maximum absolute atomic E-state index is 12.4. The maximum Gasteiger partial charge on any atom is 0.0702 e. The molecule has 1 saturated carbocycles. The molecule has 2 unspecified atom stereocenters. The zero-order valence-corrected chi connectivity index (χ0v) is 12.7. The largest absolute Gasteiger partial charge is 0.399 e. The van der Waals surface area contributed by atoms with E-state index in [0.717, 1.165) is 17.7 Å². The highest BCUT2D eigenvalue weighted by Gasteiger charge is 2.41. The molecular weight excluding hydrogens is 270 g/mol. The highest BCUT2D eigenvalue weighted by atomic mass is 32.2. The van der Waals surface area contributed by atoms with Gasteiger partial charge >= 0.3 is 0 Å².